The smallest absolute Gasteiger partial charge is 0.331 e. The van der Waals surface area contributed by atoms with Gasteiger partial charge >= 0.3 is 5.97 Å². The molecule has 1 rings (SSSR count). The van der Waals surface area contributed by atoms with Gasteiger partial charge in [-0.25, -0.2) is 4.79 Å². The summed E-state index contributed by atoms with van der Waals surface area (Å²) in [6.07, 6.45) is 6.07. The van der Waals surface area contributed by atoms with Crippen LogP contribution in [0, 0.1) is 5.92 Å². The van der Waals surface area contributed by atoms with Crippen LogP contribution in [-0.2, 0) is 19.1 Å². The largest absolute Gasteiger partial charge is 0.479 e. The summed E-state index contributed by atoms with van der Waals surface area (Å²) < 4.78 is 4.85. The Kier molecular flexibility index (Phi) is 7.48. The zero-order valence-electron chi connectivity index (χ0n) is 14.2. The predicted molar refractivity (Wildman–Crippen MR) is 84.9 cm³/mol. The molecule has 7 nitrogen and oxygen atoms in total. The minimum atomic E-state index is -1.52. The number of carbonyl (C=O) groups is 3. The van der Waals surface area contributed by atoms with Gasteiger partial charge in [-0.3, -0.25) is 9.59 Å². The number of ether oxygens (including phenoxy) is 1. The molecule has 23 heavy (non-hydrogen) atoms. The molecule has 2 amide bonds. The van der Waals surface area contributed by atoms with E-state index in [2.05, 4.69) is 10.6 Å². The standard InChI is InChI=1S/C16H28N2O5/c1-11(14(20)18-16(2,10-23-3)15(21)22)17-13(19)9-12-7-5-4-6-8-12/h11-12H,4-10H2,1-3H3,(H,17,19)(H,18,20)(H,21,22). The first-order valence-electron chi connectivity index (χ1n) is 8.12. The predicted octanol–water partition coefficient (Wildman–Crippen LogP) is 1.07. The Morgan fingerprint density at radius 2 is 1.87 bits per heavy atom. The van der Waals surface area contributed by atoms with Crippen LogP contribution >= 0.6 is 0 Å². The average molecular weight is 328 g/mol. The Bertz CT molecular complexity index is 434. The van der Waals surface area contributed by atoms with E-state index in [1.54, 1.807) is 6.92 Å². The summed E-state index contributed by atoms with van der Waals surface area (Å²) in [5.41, 5.74) is -1.52. The van der Waals surface area contributed by atoms with Crippen molar-refractivity contribution >= 4 is 17.8 Å². The monoisotopic (exact) mass is 328 g/mol. The van der Waals surface area contributed by atoms with Crippen molar-refractivity contribution < 1.29 is 24.2 Å². The third-order valence-electron chi connectivity index (χ3n) is 4.27. The quantitative estimate of drug-likeness (QED) is 0.618. The molecule has 1 fully saturated rings. The molecule has 2 unspecified atom stereocenters. The molecule has 0 radical (unpaired) electrons. The fourth-order valence-electron chi connectivity index (χ4n) is 2.84. The summed E-state index contributed by atoms with van der Waals surface area (Å²) in [5, 5.41) is 14.3. The SMILES string of the molecule is COCC(C)(NC(=O)C(C)NC(=O)CC1CCCCC1)C(=O)O. The van der Waals surface area contributed by atoms with E-state index >= 15 is 0 Å². The zero-order valence-corrected chi connectivity index (χ0v) is 14.2. The van der Waals surface area contributed by atoms with Crippen LogP contribution in [-0.4, -0.2) is 48.2 Å². The highest BCUT2D eigenvalue weighted by atomic mass is 16.5. The van der Waals surface area contributed by atoms with E-state index in [1.807, 2.05) is 0 Å². The minimum absolute atomic E-state index is 0.156. The molecule has 3 N–H and O–H groups in total. The molecular formula is C16H28N2O5. The second kappa shape index (κ2) is 8.86. The van der Waals surface area contributed by atoms with E-state index in [-0.39, 0.29) is 12.5 Å². The first-order chi connectivity index (χ1) is 10.8. The van der Waals surface area contributed by atoms with Crippen LogP contribution in [0.3, 0.4) is 0 Å². The van der Waals surface area contributed by atoms with Crippen molar-refractivity contribution in [1.82, 2.24) is 10.6 Å². The average Bonchev–Trinajstić information content (AvgIpc) is 2.48. The molecule has 0 aromatic rings. The molecule has 1 saturated carbocycles. The van der Waals surface area contributed by atoms with Crippen molar-refractivity contribution in [3.8, 4) is 0 Å². The van der Waals surface area contributed by atoms with Crippen LogP contribution in [0.2, 0.25) is 0 Å². The maximum Gasteiger partial charge on any atom is 0.331 e. The third-order valence-corrected chi connectivity index (χ3v) is 4.27. The molecular weight excluding hydrogens is 300 g/mol. The van der Waals surface area contributed by atoms with Gasteiger partial charge in [0.15, 0.2) is 5.54 Å². The van der Waals surface area contributed by atoms with E-state index in [4.69, 9.17) is 4.74 Å². The van der Waals surface area contributed by atoms with Crippen LogP contribution in [0.4, 0.5) is 0 Å². The lowest BCUT2D eigenvalue weighted by Crippen LogP contribution is -2.59. The number of hydrogen-bond donors (Lipinski definition) is 3. The number of carboxylic acids is 1. The number of hydrogen-bond acceptors (Lipinski definition) is 4. The number of rotatable bonds is 8. The highest BCUT2D eigenvalue weighted by Gasteiger charge is 2.36. The molecule has 0 aliphatic heterocycles. The topological polar surface area (TPSA) is 105 Å². The maximum absolute atomic E-state index is 12.1. The first-order valence-corrected chi connectivity index (χ1v) is 8.12. The minimum Gasteiger partial charge on any atom is -0.479 e. The summed E-state index contributed by atoms with van der Waals surface area (Å²) in [7, 11) is 1.36. The fourth-order valence-corrected chi connectivity index (χ4v) is 2.84. The van der Waals surface area contributed by atoms with Crippen molar-refractivity contribution in [2.45, 2.75) is 64.0 Å². The van der Waals surface area contributed by atoms with Gasteiger partial charge in [-0.1, -0.05) is 19.3 Å². The maximum atomic E-state index is 12.1. The lowest BCUT2D eigenvalue weighted by atomic mass is 9.87. The number of aliphatic carboxylic acids is 1. The Morgan fingerprint density at radius 3 is 2.39 bits per heavy atom. The summed E-state index contributed by atoms with van der Waals surface area (Å²) in [4.78, 5) is 35.4. The molecule has 0 heterocycles. The van der Waals surface area contributed by atoms with Crippen LogP contribution in [0.5, 0.6) is 0 Å². The number of methoxy groups -OCH3 is 1. The third kappa shape index (κ3) is 6.17. The van der Waals surface area contributed by atoms with Crippen molar-refractivity contribution in [3.05, 3.63) is 0 Å². The summed E-state index contributed by atoms with van der Waals surface area (Å²) in [6.45, 7) is 2.76. The van der Waals surface area contributed by atoms with Crippen molar-refractivity contribution in [2.24, 2.45) is 5.92 Å². The van der Waals surface area contributed by atoms with Crippen molar-refractivity contribution in [2.75, 3.05) is 13.7 Å². The zero-order chi connectivity index (χ0) is 17.5. The molecule has 7 heteroatoms. The first kappa shape index (κ1) is 19.4. The number of carbonyl (C=O) groups excluding carboxylic acids is 2. The lowest BCUT2D eigenvalue weighted by molar-refractivity contribution is -0.149. The van der Waals surface area contributed by atoms with Gasteiger partial charge < -0.3 is 20.5 Å². The summed E-state index contributed by atoms with van der Waals surface area (Å²) in [5.74, 6) is -1.50. The van der Waals surface area contributed by atoms with Crippen LogP contribution in [0.25, 0.3) is 0 Å². The summed E-state index contributed by atoms with van der Waals surface area (Å²) in [6, 6.07) is -0.790. The highest BCUT2D eigenvalue weighted by Crippen LogP contribution is 2.26. The van der Waals surface area contributed by atoms with Gasteiger partial charge in [-0.2, -0.15) is 0 Å². The number of carboxylic acid groups (broad SMARTS) is 1. The van der Waals surface area contributed by atoms with E-state index < -0.39 is 23.5 Å². The number of amides is 2. The van der Waals surface area contributed by atoms with Gasteiger partial charge in [0, 0.05) is 13.5 Å². The van der Waals surface area contributed by atoms with Crippen LogP contribution in [0.15, 0.2) is 0 Å². The van der Waals surface area contributed by atoms with Gasteiger partial charge in [0.2, 0.25) is 11.8 Å². The Labute approximate surface area is 137 Å². The van der Waals surface area contributed by atoms with E-state index in [0.29, 0.717) is 12.3 Å². The second-order valence-electron chi connectivity index (χ2n) is 6.56. The molecule has 0 aromatic heterocycles. The van der Waals surface area contributed by atoms with Gasteiger partial charge in [0.1, 0.15) is 6.04 Å². The molecule has 132 valence electrons. The van der Waals surface area contributed by atoms with Crippen LogP contribution in [0.1, 0.15) is 52.4 Å². The lowest BCUT2D eigenvalue weighted by Gasteiger charge is -2.27. The number of nitrogens with one attached hydrogen (secondary N) is 2. The van der Waals surface area contributed by atoms with E-state index in [1.165, 1.54) is 20.5 Å². The molecule has 1 aliphatic rings. The molecule has 0 aromatic carbocycles. The fraction of sp³-hybridized carbons (Fsp3) is 0.812. The van der Waals surface area contributed by atoms with E-state index in [0.717, 1.165) is 25.7 Å². The second-order valence-corrected chi connectivity index (χ2v) is 6.56. The van der Waals surface area contributed by atoms with Gasteiger partial charge in [0.05, 0.1) is 6.61 Å². The molecule has 1 aliphatic carbocycles. The Hall–Kier alpha value is -1.63. The highest BCUT2D eigenvalue weighted by molar-refractivity contribution is 5.91. The van der Waals surface area contributed by atoms with Gasteiger partial charge in [-0.15, -0.1) is 0 Å². The van der Waals surface area contributed by atoms with Crippen molar-refractivity contribution in [3.63, 3.8) is 0 Å². The Balaban J connectivity index is 2.48. The van der Waals surface area contributed by atoms with E-state index in [9.17, 15) is 19.5 Å². The van der Waals surface area contributed by atoms with Crippen LogP contribution < -0.4 is 10.6 Å². The van der Waals surface area contributed by atoms with Gasteiger partial charge in [0.25, 0.3) is 0 Å². The summed E-state index contributed by atoms with van der Waals surface area (Å²) >= 11 is 0. The normalized spacial score (nSPS) is 19.4. The molecule has 0 saturated heterocycles. The molecule has 2 atom stereocenters. The molecule has 0 bridgehead atoms. The molecule has 0 spiro atoms. The Morgan fingerprint density at radius 1 is 1.26 bits per heavy atom. The van der Waals surface area contributed by atoms with Gasteiger partial charge in [-0.05, 0) is 32.6 Å². The van der Waals surface area contributed by atoms with Crippen molar-refractivity contribution in [1.29, 1.82) is 0 Å².